The number of rotatable bonds is 5. The van der Waals surface area contributed by atoms with Gasteiger partial charge in [-0.2, -0.15) is 10.2 Å². The Morgan fingerprint density at radius 3 is 2.88 bits per heavy atom. The second-order valence-corrected chi connectivity index (χ2v) is 3.32. The fraction of sp³-hybridized carbons (Fsp3) is 0.200. The molecule has 1 N–H and O–H groups in total. The van der Waals surface area contributed by atoms with Crippen LogP contribution in [0.3, 0.4) is 0 Å². The molecular formula is C10H10N4O3. The molecule has 2 aromatic rings. The van der Waals surface area contributed by atoms with Gasteiger partial charge in [0.2, 0.25) is 0 Å². The van der Waals surface area contributed by atoms with Crippen molar-refractivity contribution in [3.8, 4) is 0 Å². The van der Waals surface area contributed by atoms with Gasteiger partial charge in [0.25, 0.3) is 0 Å². The first-order valence-corrected chi connectivity index (χ1v) is 4.96. The Bertz CT molecular complexity index is 497. The third kappa shape index (κ3) is 3.08. The molecule has 0 bridgehead atoms. The fourth-order valence-corrected chi connectivity index (χ4v) is 1.30. The van der Waals surface area contributed by atoms with Crippen molar-refractivity contribution in [1.82, 2.24) is 15.5 Å². The molecule has 0 aliphatic rings. The van der Waals surface area contributed by atoms with Gasteiger partial charge in [-0.3, -0.25) is 10.1 Å². The average molecular weight is 234 g/mol. The molecule has 0 aliphatic carbocycles. The van der Waals surface area contributed by atoms with Gasteiger partial charge in [0, 0.05) is 12.7 Å². The maximum Gasteiger partial charge on any atom is 0.433 e. The van der Waals surface area contributed by atoms with Crippen LogP contribution in [0.4, 0.5) is 5.88 Å². The molecule has 7 nitrogen and oxygen atoms in total. The Kier molecular flexibility index (Phi) is 3.41. The van der Waals surface area contributed by atoms with E-state index in [4.69, 9.17) is 4.42 Å². The highest BCUT2D eigenvalue weighted by atomic mass is 16.6. The zero-order valence-electron chi connectivity index (χ0n) is 8.87. The number of nitrogens with zero attached hydrogens (tertiary/aromatic N) is 3. The van der Waals surface area contributed by atoms with Gasteiger partial charge in [0.1, 0.15) is 10.7 Å². The van der Waals surface area contributed by atoms with Crippen molar-refractivity contribution in [1.29, 1.82) is 0 Å². The Morgan fingerprint density at radius 1 is 1.35 bits per heavy atom. The molecule has 0 fully saturated rings. The Labute approximate surface area is 96.6 Å². The SMILES string of the molecule is O=[N+]([O-])c1ccc(CNCc2cccnn2)o1. The predicted octanol–water partition coefficient (Wildman–Crippen LogP) is 1.27. The zero-order valence-corrected chi connectivity index (χ0v) is 8.87. The molecular weight excluding hydrogens is 224 g/mol. The smallest absolute Gasteiger partial charge is 0.404 e. The first-order chi connectivity index (χ1) is 8.25. The number of hydrogen-bond donors (Lipinski definition) is 1. The molecule has 0 saturated carbocycles. The second kappa shape index (κ2) is 5.17. The van der Waals surface area contributed by atoms with Gasteiger partial charge < -0.3 is 9.73 Å². The van der Waals surface area contributed by atoms with Gasteiger partial charge in [-0.15, -0.1) is 0 Å². The number of aromatic nitrogens is 2. The first kappa shape index (κ1) is 11.2. The summed E-state index contributed by atoms with van der Waals surface area (Å²) in [6.07, 6.45) is 1.60. The molecule has 0 unspecified atom stereocenters. The van der Waals surface area contributed by atoms with E-state index in [-0.39, 0.29) is 5.88 Å². The van der Waals surface area contributed by atoms with Crippen molar-refractivity contribution in [3.05, 3.63) is 52.0 Å². The van der Waals surface area contributed by atoms with Crippen molar-refractivity contribution >= 4 is 5.88 Å². The molecule has 0 spiro atoms. The summed E-state index contributed by atoms with van der Waals surface area (Å²) >= 11 is 0. The lowest BCUT2D eigenvalue weighted by atomic mass is 10.4. The number of nitrogens with one attached hydrogen (secondary N) is 1. The molecule has 0 amide bonds. The minimum Gasteiger partial charge on any atom is -0.404 e. The fourth-order valence-electron chi connectivity index (χ4n) is 1.30. The van der Waals surface area contributed by atoms with E-state index < -0.39 is 4.92 Å². The molecule has 2 rings (SSSR count). The van der Waals surface area contributed by atoms with Gasteiger partial charge in [0.15, 0.2) is 0 Å². The largest absolute Gasteiger partial charge is 0.433 e. The van der Waals surface area contributed by atoms with Crippen LogP contribution in [0.15, 0.2) is 34.9 Å². The van der Waals surface area contributed by atoms with Crippen molar-refractivity contribution in [2.75, 3.05) is 0 Å². The molecule has 7 heteroatoms. The minimum absolute atomic E-state index is 0.249. The van der Waals surface area contributed by atoms with Crippen molar-refractivity contribution in [3.63, 3.8) is 0 Å². The predicted molar refractivity (Wildman–Crippen MR) is 57.9 cm³/mol. The highest BCUT2D eigenvalue weighted by molar-refractivity contribution is 5.17. The summed E-state index contributed by atoms with van der Waals surface area (Å²) in [5.41, 5.74) is 0.800. The van der Waals surface area contributed by atoms with Crippen LogP contribution in [0.1, 0.15) is 11.5 Å². The van der Waals surface area contributed by atoms with E-state index in [0.717, 1.165) is 5.69 Å². The van der Waals surface area contributed by atoms with Gasteiger partial charge >= 0.3 is 5.88 Å². The molecule has 2 aromatic heterocycles. The van der Waals surface area contributed by atoms with E-state index in [1.54, 1.807) is 18.3 Å². The van der Waals surface area contributed by atoms with E-state index in [2.05, 4.69) is 15.5 Å². The third-order valence-electron chi connectivity index (χ3n) is 2.06. The van der Waals surface area contributed by atoms with Crippen LogP contribution in [0.2, 0.25) is 0 Å². The molecule has 0 radical (unpaired) electrons. The van der Waals surface area contributed by atoms with E-state index in [9.17, 15) is 10.1 Å². The average Bonchev–Trinajstić information content (AvgIpc) is 2.79. The molecule has 0 atom stereocenters. The lowest BCUT2D eigenvalue weighted by molar-refractivity contribution is -0.402. The molecule has 0 aliphatic heterocycles. The number of hydrogen-bond acceptors (Lipinski definition) is 6. The summed E-state index contributed by atoms with van der Waals surface area (Å²) in [6.45, 7) is 0.937. The van der Waals surface area contributed by atoms with Crippen molar-refractivity contribution < 1.29 is 9.34 Å². The highest BCUT2D eigenvalue weighted by Gasteiger charge is 2.11. The Balaban J connectivity index is 1.84. The number of nitro groups is 1. The summed E-state index contributed by atoms with van der Waals surface area (Å²) in [5, 5.41) is 21.1. The zero-order chi connectivity index (χ0) is 12.1. The third-order valence-corrected chi connectivity index (χ3v) is 2.06. The van der Waals surface area contributed by atoms with Crippen LogP contribution in [0.25, 0.3) is 0 Å². The summed E-state index contributed by atoms with van der Waals surface area (Å²) < 4.78 is 4.99. The van der Waals surface area contributed by atoms with E-state index in [1.807, 2.05) is 6.07 Å². The van der Waals surface area contributed by atoms with Crippen molar-refractivity contribution in [2.45, 2.75) is 13.1 Å². The molecule has 0 saturated heterocycles. The minimum atomic E-state index is -0.563. The summed E-state index contributed by atoms with van der Waals surface area (Å²) in [5.74, 6) is 0.266. The second-order valence-electron chi connectivity index (χ2n) is 3.32. The lowest BCUT2D eigenvalue weighted by Crippen LogP contribution is -2.13. The van der Waals surface area contributed by atoms with E-state index >= 15 is 0 Å². The topological polar surface area (TPSA) is 94.1 Å². The summed E-state index contributed by atoms with van der Waals surface area (Å²) in [4.78, 5) is 9.82. The van der Waals surface area contributed by atoms with Crippen LogP contribution in [0, 0.1) is 10.1 Å². The van der Waals surface area contributed by atoms with Crippen LogP contribution in [-0.4, -0.2) is 15.1 Å². The van der Waals surface area contributed by atoms with Crippen LogP contribution in [0.5, 0.6) is 0 Å². The standard InChI is InChI=1S/C10H10N4O3/c15-14(16)10-4-3-9(17-10)7-11-6-8-2-1-5-12-13-8/h1-5,11H,6-7H2. The van der Waals surface area contributed by atoms with Gasteiger partial charge in [-0.25, -0.2) is 0 Å². The van der Waals surface area contributed by atoms with E-state index in [0.29, 0.717) is 18.8 Å². The Morgan fingerprint density at radius 2 is 2.24 bits per heavy atom. The summed E-state index contributed by atoms with van der Waals surface area (Å²) in [7, 11) is 0. The van der Waals surface area contributed by atoms with Gasteiger partial charge in [-0.1, -0.05) is 0 Å². The monoisotopic (exact) mass is 234 g/mol. The highest BCUT2D eigenvalue weighted by Crippen LogP contribution is 2.15. The van der Waals surface area contributed by atoms with E-state index in [1.165, 1.54) is 6.07 Å². The van der Waals surface area contributed by atoms with Crippen molar-refractivity contribution in [2.24, 2.45) is 0 Å². The quantitative estimate of drug-likeness (QED) is 0.618. The molecule has 0 aromatic carbocycles. The van der Waals surface area contributed by atoms with Crippen LogP contribution in [-0.2, 0) is 13.1 Å². The van der Waals surface area contributed by atoms with Crippen LogP contribution < -0.4 is 5.32 Å². The summed E-state index contributed by atoms with van der Waals surface area (Å²) in [6, 6.07) is 6.54. The molecule has 17 heavy (non-hydrogen) atoms. The Hall–Kier alpha value is -2.28. The lowest BCUT2D eigenvalue weighted by Gasteiger charge is -2.00. The normalized spacial score (nSPS) is 10.4. The maximum atomic E-state index is 10.4. The molecule has 88 valence electrons. The first-order valence-electron chi connectivity index (χ1n) is 4.96. The number of furan rings is 1. The van der Waals surface area contributed by atoms with Gasteiger partial charge in [0.05, 0.1) is 18.3 Å². The van der Waals surface area contributed by atoms with Gasteiger partial charge in [-0.05, 0) is 18.2 Å². The molecule has 2 heterocycles. The van der Waals surface area contributed by atoms with Crippen LogP contribution >= 0.6 is 0 Å². The maximum absolute atomic E-state index is 10.4.